The van der Waals surface area contributed by atoms with Gasteiger partial charge in [-0.2, -0.15) is 0 Å². The summed E-state index contributed by atoms with van der Waals surface area (Å²) in [6, 6.07) is 22.9. The fraction of sp³-hybridized carbons (Fsp3) is 0.364. The lowest BCUT2D eigenvalue weighted by Gasteiger charge is -2.38. The first kappa shape index (κ1) is 28.4. The number of anilines is 2. The molecule has 5 rings (SSSR count). The molecule has 2 saturated heterocycles. The summed E-state index contributed by atoms with van der Waals surface area (Å²) in [6.45, 7) is 8.50. The van der Waals surface area contributed by atoms with E-state index in [0.717, 1.165) is 23.2 Å². The molecule has 3 aromatic rings. The Hall–Kier alpha value is -4.17. The maximum Gasteiger partial charge on any atom is 0.256 e. The summed E-state index contributed by atoms with van der Waals surface area (Å²) in [4.78, 5) is 46.0. The number of ether oxygens (including phenoxy) is 1. The molecule has 0 bridgehead atoms. The molecule has 0 radical (unpaired) electrons. The molecule has 2 aliphatic heterocycles. The van der Waals surface area contributed by atoms with Gasteiger partial charge in [-0.3, -0.25) is 14.4 Å². The molecule has 0 saturated carbocycles. The van der Waals surface area contributed by atoms with Crippen LogP contribution < -0.4 is 10.2 Å². The first-order valence-corrected chi connectivity index (χ1v) is 14.4. The minimum atomic E-state index is -0.224. The van der Waals surface area contributed by atoms with Gasteiger partial charge in [0, 0.05) is 56.2 Å². The number of benzene rings is 3. The van der Waals surface area contributed by atoms with Crippen molar-refractivity contribution < 1.29 is 19.1 Å². The molecule has 8 nitrogen and oxygen atoms in total. The third-order valence-corrected chi connectivity index (χ3v) is 7.94. The molecule has 3 amide bonds. The fourth-order valence-electron chi connectivity index (χ4n) is 5.53. The molecule has 8 heteroatoms. The van der Waals surface area contributed by atoms with E-state index in [-0.39, 0.29) is 23.6 Å². The molecule has 0 spiro atoms. The standard InChI is InChI=1S/C33H38N4O4/c1-3-28(25-7-5-4-6-8-25)32(39)36-17-15-35(16-18-36)30-14-13-27(34-31(38)26-11-9-24(2)10-12-26)23-29(30)33(40)37-19-21-41-22-20-37/h4-14,23,28H,3,15-22H2,1-2H3,(H,34,38). The number of aryl methyl sites for hydroxylation is 1. The van der Waals surface area contributed by atoms with E-state index in [4.69, 9.17) is 4.74 Å². The summed E-state index contributed by atoms with van der Waals surface area (Å²) in [5, 5.41) is 2.96. The van der Waals surface area contributed by atoms with Crippen molar-refractivity contribution in [3.8, 4) is 0 Å². The molecule has 0 aromatic heterocycles. The fourth-order valence-corrected chi connectivity index (χ4v) is 5.53. The predicted octanol–water partition coefficient (Wildman–Crippen LogP) is 4.56. The average Bonchev–Trinajstić information content (AvgIpc) is 3.02. The van der Waals surface area contributed by atoms with Crippen molar-refractivity contribution in [2.24, 2.45) is 0 Å². The maximum atomic E-state index is 13.7. The molecule has 2 aliphatic rings. The van der Waals surface area contributed by atoms with Gasteiger partial charge in [0.1, 0.15) is 0 Å². The smallest absolute Gasteiger partial charge is 0.256 e. The number of nitrogens with zero attached hydrogens (tertiary/aromatic N) is 3. The highest BCUT2D eigenvalue weighted by atomic mass is 16.5. The van der Waals surface area contributed by atoms with Gasteiger partial charge in [-0.05, 0) is 49.2 Å². The summed E-state index contributed by atoms with van der Waals surface area (Å²) < 4.78 is 5.46. The Balaban J connectivity index is 1.34. The molecule has 1 atom stereocenters. The average molecular weight is 555 g/mol. The Morgan fingerprint density at radius 3 is 2.17 bits per heavy atom. The van der Waals surface area contributed by atoms with Crippen LogP contribution in [-0.4, -0.2) is 80.0 Å². The number of carbonyl (C=O) groups excluding carboxylic acids is 3. The second-order valence-corrected chi connectivity index (χ2v) is 10.6. The van der Waals surface area contributed by atoms with Crippen molar-refractivity contribution in [2.75, 3.05) is 62.7 Å². The molecule has 3 aromatic carbocycles. The lowest BCUT2D eigenvalue weighted by molar-refractivity contribution is -0.133. The van der Waals surface area contributed by atoms with Crippen LogP contribution in [0.25, 0.3) is 0 Å². The second-order valence-electron chi connectivity index (χ2n) is 10.6. The van der Waals surface area contributed by atoms with E-state index >= 15 is 0 Å². The Morgan fingerprint density at radius 1 is 0.829 bits per heavy atom. The number of nitrogens with one attached hydrogen (secondary N) is 1. The summed E-state index contributed by atoms with van der Waals surface area (Å²) in [5.41, 5.74) is 4.61. The largest absolute Gasteiger partial charge is 0.378 e. The number of amides is 3. The van der Waals surface area contributed by atoms with Gasteiger partial charge in [-0.15, -0.1) is 0 Å². The van der Waals surface area contributed by atoms with E-state index in [0.29, 0.717) is 69.3 Å². The topological polar surface area (TPSA) is 82.2 Å². The van der Waals surface area contributed by atoms with E-state index in [1.54, 1.807) is 23.1 Å². The quantitative estimate of drug-likeness (QED) is 0.463. The van der Waals surface area contributed by atoms with Crippen LogP contribution >= 0.6 is 0 Å². The van der Waals surface area contributed by atoms with E-state index < -0.39 is 0 Å². The van der Waals surface area contributed by atoms with Crippen LogP contribution in [0.15, 0.2) is 72.8 Å². The van der Waals surface area contributed by atoms with Crippen LogP contribution in [-0.2, 0) is 9.53 Å². The van der Waals surface area contributed by atoms with E-state index in [1.165, 1.54) is 0 Å². The minimum Gasteiger partial charge on any atom is -0.378 e. The zero-order valence-corrected chi connectivity index (χ0v) is 23.8. The lowest BCUT2D eigenvalue weighted by atomic mass is 9.94. The van der Waals surface area contributed by atoms with Crippen LogP contribution in [0.3, 0.4) is 0 Å². The molecule has 1 N–H and O–H groups in total. The minimum absolute atomic E-state index is 0.0802. The number of piperazine rings is 1. The van der Waals surface area contributed by atoms with Crippen molar-refractivity contribution in [1.82, 2.24) is 9.80 Å². The molecule has 214 valence electrons. The SMILES string of the molecule is CCC(C(=O)N1CCN(c2ccc(NC(=O)c3ccc(C)cc3)cc2C(=O)N2CCOCC2)CC1)c1ccccc1. The van der Waals surface area contributed by atoms with Crippen molar-refractivity contribution in [2.45, 2.75) is 26.2 Å². The van der Waals surface area contributed by atoms with Gasteiger partial charge in [0.05, 0.1) is 24.7 Å². The second kappa shape index (κ2) is 13.0. The number of hydrogen-bond donors (Lipinski definition) is 1. The highest BCUT2D eigenvalue weighted by Crippen LogP contribution is 2.29. The first-order valence-electron chi connectivity index (χ1n) is 14.4. The molecular weight excluding hydrogens is 516 g/mol. The van der Waals surface area contributed by atoms with Gasteiger partial charge in [0.25, 0.3) is 11.8 Å². The Bertz CT molecular complexity index is 1360. The van der Waals surface area contributed by atoms with Crippen LogP contribution in [0, 0.1) is 6.92 Å². The van der Waals surface area contributed by atoms with Gasteiger partial charge in [-0.1, -0.05) is 55.0 Å². The Kier molecular flexibility index (Phi) is 8.99. The van der Waals surface area contributed by atoms with Crippen LogP contribution in [0.1, 0.15) is 51.1 Å². The van der Waals surface area contributed by atoms with E-state index in [2.05, 4.69) is 17.1 Å². The highest BCUT2D eigenvalue weighted by Gasteiger charge is 2.30. The zero-order chi connectivity index (χ0) is 28.8. The van der Waals surface area contributed by atoms with E-state index in [1.807, 2.05) is 66.4 Å². The normalized spacial score (nSPS) is 16.3. The molecule has 2 fully saturated rings. The Morgan fingerprint density at radius 2 is 1.51 bits per heavy atom. The number of hydrogen-bond acceptors (Lipinski definition) is 5. The third kappa shape index (κ3) is 6.60. The van der Waals surface area contributed by atoms with Crippen LogP contribution in [0.5, 0.6) is 0 Å². The van der Waals surface area contributed by atoms with Gasteiger partial charge >= 0.3 is 0 Å². The first-order chi connectivity index (χ1) is 19.9. The van der Waals surface area contributed by atoms with Gasteiger partial charge < -0.3 is 24.8 Å². The summed E-state index contributed by atoms with van der Waals surface area (Å²) >= 11 is 0. The van der Waals surface area contributed by atoms with Crippen molar-refractivity contribution in [1.29, 1.82) is 0 Å². The van der Waals surface area contributed by atoms with Crippen molar-refractivity contribution in [3.63, 3.8) is 0 Å². The molecule has 41 heavy (non-hydrogen) atoms. The third-order valence-electron chi connectivity index (χ3n) is 7.94. The molecule has 2 heterocycles. The predicted molar refractivity (Wildman–Crippen MR) is 161 cm³/mol. The molecule has 0 aliphatic carbocycles. The lowest BCUT2D eigenvalue weighted by Crippen LogP contribution is -2.50. The van der Waals surface area contributed by atoms with Crippen molar-refractivity contribution in [3.05, 3.63) is 95.1 Å². The number of rotatable bonds is 7. The van der Waals surface area contributed by atoms with Crippen LogP contribution in [0.2, 0.25) is 0 Å². The highest BCUT2D eigenvalue weighted by molar-refractivity contribution is 6.06. The van der Waals surface area contributed by atoms with Crippen molar-refractivity contribution >= 4 is 29.1 Å². The van der Waals surface area contributed by atoms with Gasteiger partial charge in [0.2, 0.25) is 5.91 Å². The zero-order valence-electron chi connectivity index (χ0n) is 23.8. The number of morpholine rings is 1. The maximum absolute atomic E-state index is 13.7. The van der Waals surface area contributed by atoms with Gasteiger partial charge in [-0.25, -0.2) is 0 Å². The van der Waals surface area contributed by atoms with Gasteiger partial charge in [0.15, 0.2) is 0 Å². The summed E-state index contributed by atoms with van der Waals surface area (Å²) in [6.07, 6.45) is 0.747. The molecular formula is C33H38N4O4. The molecule has 1 unspecified atom stereocenters. The monoisotopic (exact) mass is 554 g/mol. The van der Waals surface area contributed by atoms with E-state index in [9.17, 15) is 14.4 Å². The summed E-state index contributed by atoms with van der Waals surface area (Å²) in [7, 11) is 0. The Labute approximate surface area is 241 Å². The summed E-state index contributed by atoms with van der Waals surface area (Å²) in [5.74, 6) is -0.309. The van der Waals surface area contributed by atoms with Crippen LogP contribution in [0.4, 0.5) is 11.4 Å². The number of carbonyl (C=O) groups is 3.